The molecule has 2 amide bonds. The van der Waals surface area contributed by atoms with Crippen molar-refractivity contribution in [2.24, 2.45) is 0 Å². The summed E-state index contributed by atoms with van der Waals surface area (Å²) >= 11 is 3.03. The highest BCUT2D eigenvalue weighted by Gasteiger charge is 2.19. The zero-order valence-corrected chi connectivity index (χ0v) is 22.4. The minimum atomic E-state index is -0.123. The van der Waals surface area contributed by atoms with E-state index in [1.165, 1.54) is 23.1 Å². The number of nitrogens with one attached hydrogen (secondary N) is 2. The second-order valence-corrected chi connectivity index (χ2v) is 10.4. The monoisotopic (exact) mass is 515 g/mol. The lowest BCUT2D eigenvalue weighted by Gasteiger charge is -2.14. The van der Waals surface area contributed by atoms with Gasteiger partial charge >= 0.3 is 0 Å². The highest BCUT2D eigenvalue weighted by Crippen LogP contribution is 2.35. The van der Waals surface area contributed by atoms with E-state index in [4.69, 9.17) is 4.74 Å². The predicted molar refractivity (Wildman–Crippen MR) is 142 cm³/mol. The van der Waals surface area contributed by atoms with Crippen LogP contribution < -0.4 is 15.4 Å². The number of carbonyl (C=O) groups is 2. The second kappa shape index (κ2) is 13.3. The number of hydrogen-bond donors (Lipinski definition) is 2. The maximum Gasteiger partial charge on any atom is 0.230 e. The Hall–Kier alpha value is -2.85. The molecule has 10 heteroatoms. The minimum Gasteiger partial charge on any atom is -0.497 e. The highest BCUT2D eigenvalue weighted by atomic mass is 32.1. The Morgan fingerprint density at radius 3 is 2.63 bits per heavy atom. The van der Waals surface area contributed by atoms with Gasteiger partial charge in [-0.25, -0.2) is 4.98 Å². The summed E-state index contributed by atoms with van der Waals surface area (Å²) in [4.78, 5) is 29.6. The van der Waals surface area contributed by atoms with Gasteiger partial charge in [-0.05, 0) is 49.3 Å². The number of methoxy groups -OCH3 is 1. The van der Waals surface area contributed by atoms with Crippen LogP contribution in [0.25, 0.3) is 0 Å². The van der Waals surface area contributed by atoms with Crippen LogP contribution in [-0.2, 0) is 28.9 Å². The van der Waals surface area contributed by atoms with Gasteiger partial charge in [-0.3, -0.25) is 9.59 Å². The molecular formula is C25H33N5O3S2. The maximum atomic E-state index is 12.4. The topological polar surface area (TPSA) is 106 Å². The van der Waals surface area contributed by atoms with Crippen LogP contribution in [0.1, 0.15) is 73.5 Å². The number of nitrogens with zero attached hydrogens (tertiary/aromatic N) is 3. The SMILES string of the molecule is CCc1nc(NC(C)=O)sc1C(CC)CCCCc1nnc(NC(=O)Cc2cccc(OC)c2)s1. The number of amides is 2. The molecule has 0 aliphatic rings. The van der Waals surface area contributed by atoms with Crippen LogP contribution in [0.2, 0.25) is 0 Å². The van der Waals surface area contributed by atoms with Crippen molar-refractivity contribution in [1.29, 1.82) is 0 Å². The summed E-state index contributed by atoms with van der Waals surface area (Å²) in [5.74, 6) is 0.953. The number of anilines is 2. The standard InChI is InChI=1S/C25H33N5O3S2/c1-5-18(23-20(6-2)27-24(35-23)26-16(3)31)11-7-8-13-22-29-30-25(34-22)28-21(32)15-17-10-9-12-19(14-17)33-4/h9-10,12,14,18H,5-8,11,13,15H2,1-4H3,(H,26,27,31)(H,28,30,32). The lowest BCUT2D eigenvalue weighted by atomic mass is 9.95. The van der Waals surface area contributed by atoms with E-state index in [2.05, 4.69) is 39.7 Å². The number of aryl methyl sites for hydroxylation is 2. The van der Waals surface area contributed by atoms with E-state index >= 15 is 0 Å². The highest BCUT2D eigenvalue weighted by molar-refractivity contribution is 7.16. The Kier molecular flexibility index (Phi) is 10.2. The van der Waals surface area contributed by atoms with Crippen molar-refractivity contribution in [2.45, 2.75) is 71.6 Å². The molecule has 3 rings (SSSR count). The fourth-order valence-electron chi connectivity index (χ4n) is 3.86. The van der Waals surface area contributed by atoms with Gasteiger partial charge in [-0.2, -0.15) is 0 Å². The molecule has 35 heavy (non-hydrogen) atoms. The average molecular weight is 516 g/mol. The number of benzene rings is 1. The second-order valence-electron chi connectivity index (χ2n) is 8.29. The van der Waals surface area contributed by atoms with Crippen LogP contribution in [0, 0.1) is 0 Å². The fourth-order valence-corrected chi connectivity index (χ4v) is 5.98. The first-order chi connectivity index (χ1) is 16.9. The number of thiazole rings is 1. The van der Waals surface area contributed by atoms with E-state index in [0.717, 1.165) is 60.5 Å². The molecule has 3 aromatic rings. The first kappa shape index (κ1) is 26.7. The summed E-state index contributed by atoms with van der Waals surface area (Å²) in [6.45, 7) is 5.81. The van der Waals surface area contributed by atoms with E-state index in [-0.39, 0.29) is 18.2 Å². The number of ether oxygens (including phenoxy) is 1. The largest absolute Gasteiger partial charge is 0.497 e. The lowest BCUT2D eigenvalue weighted by Crippen LogP contribution is -2.14. The average Bonchev–Trinajstić information content (AvgIpc) is 3.45. The molecular weight excluding hydrogens is 482 g/mol. The van der Waals surface area contributed by atoms with Gasteiger partial charge in [0.15, 0.2) is 5.13 Å². The van der Waals surface area contributed by atoms with Crippen molar-refractivity contribution >= 4 is 44.8 Å². The van der Waals surface area contributed by atoms with E-state index in [1.54, 1.807) is 18.4 Å². The molecule has 8 nitrogen and oxygen atoms in total. The quantitative estimate of drug-likeness (QED) is 0.287. The van der Waals surface area contributed by atoms with E-state index in [9.17, 15) is 9.59 Å². The van der Waals surface area contributed by atoms with Crippen LogP contribution in [0.15, 0.2) is 24.3 Å². The van der Waals surface area contributed by atoms with Gasteiger partial charge in [0.05, 0.1) is 19.2 Å². The molecule has 0 spiro atoms. The smallest absolute Gasteiger partial charge is 0.230 e. The molecule has 0 aliphatic carbocycles. The minimum absolute atomic E-state index is 0.0890. The molecule has 0 radical (unpaired) electrons. The lowest BCUT2D eigenvalue weighted by molar-refractivity contribution is -0.116. The third-order valence-corrected chi connectivity index (χ3v) is 7.69. The number of aromatic nitrogens is 3. The van der Waals surface area contributed by atoms with Gasteiger partial charge in [-0.1, -0.05) is 43.7 Å². The molecule has 2 aromatic heterocycles. The predicted octanol–water partition coefficient (Wildman–Crippen LogP) is 5.61. The van der Waals surface area contributed by atoms with Crippen molar-refractivity contribution in [1.82, 2.24) is 15.2 Å². The van der Waals surface area contributed by atoms with Gasteiger partial charge in [0.25, 0.3) is 0 Å². The van der Waals surface area contributed by atoms with Gasteiger partial charge in [0.1, 0.15) is 10.8 Å². The fraction of sp³-hybridized carbons (Fsp3) is 0.480. The number of rotatable bonds is 13. The molecule has 0 saturated heterocycles. The van der Waals surface area contributed by atoms with Crippen LogP contribution in [0.4, 0.5) is 10.3 Å². The Labute approximate surface area is 214 Å². The molecule has 2 heterocycles. The van der Waals surface area contributed by atoms with Crippen molar-refractivity contribution in [3.05, 3.63) is 45.4 Å². The summed E-state index contributed by atoms with van der Waals surface area (Å²) in [5, 5.41) is 16.2. The van der Waals surface area contributed by atoms with Crippen LogP contribution in [0.5, 0.6) is 5.75 Å². The molecule has 0 bridgehead atoms. The number of unbranched alkanes of at least 4 members (excludes halogenated alkanes) is 1. The Morgan fingerprint density at radius 2 is 1.91 bits per heavy atom. The molecule has 0 fully saturated rings. The van der Waals surface area contributed by atoms with E-state index in [1.807, 2.05) is 24.3 Å². The Bertz CT molecular complexity index is 1130. The molecule has 1 atom stereocenters. The molecule has 1 aromatic carbocycles. The maximum absolute atomic E-state index is 12.4. The summed E-state index contributed by atoms with van der Waals surface area (Å²) in [6.07, 6.45) is 6.11. The normalized spacial score (nSPS) is 11.8. The molecule has 188 valence electrons. The first-order valence-electron chi connectivity index (χ1n) is 11.9. The van der Waals surface area contributed by atoms with Crippen LogP contribution in [-0.4, -0.2) is 34.1 Å². The van der Waals surface area contributed by atoms with E-state index < -0.39 is 0 Å². The van der Waals surface area contributed by atoms with E-state index in [0.29, 0.717) is 16.2 Å². The van der Waals surface area contributed by atoms with Crippen molar-refractivity contribution in [3.63, 3.8) is 0 Å². The molecule has 2 N–H and O–H groups in total. The molecule has 1 unspecified atom stereocenters. The first-order valence-corrected chi connectivity index (χ1v) is 13.6. The summed E-state index contributed by atoms with van der Waals surface area (Å²) < 4.78 is 5.21. The van der Waals surface area contributed by atoms with Crippen LogP contribution in [0.3, 0.4) is 0 Å². The number of carbonyl (C=O) groups excluding carboxylic acids is 2. The number of hydrogen-bond acceptors (Lipinski definition) is 8. The third-order valence-electron chi connectivity index (χ3n) is 5.61. The Balaban J connectivity index is 1.46. The van der Waals surface area contributed by atoms with Crippen molar-refractivity contribution in [3.8, 4) is 5.75 Å². The molecule has 0 saturated carbocycles. The van der Waals surface area contributed by atoms with Gasteiger partial charge < -0.3 is 15.4 Å². The van der Waals surface area contributed by atoms with Gasteiger partial charge in [-0.15, -0.1) is 21.5 Å². The summed E-state index contributed by atoms with van der Waals surface area (Å²) in [7, 11) is 1.61. The Morgan fingerprint density at radius 1 is 1.09 bits per heavy atom. The summed E-state index contributed by atoms with van der Waals surface area (Å²) in [6, 6.07) is 7.47. The van der Waals surface area contributed by atoms with Gasteiger partial charge in [0, 0.05) is 18.2 Å². The van der Waals surface area contributed by atoms with Crippen molar-refractivity contribution in [2.75, 3.05) is 17.7 Å². The third kappa shape index (κ3) is 8.10. The zero-order valence-electron chi connectivity index (χ0n) is 20.7. The van der Waals surface area contributed by atoms with Crippen LogP contribution >= 0.6 is 22.7 Å². The summed E-state index contributed by atoms with van der Waals surface area (Å²) in [5.41, 5.74) is 1.97. The van der Waals surface area contributed by atoms with Crippen molar-refractivity contribution < 1.29 is 14.3 Å². The zero-order chi connectivity index (χ0) is 25.2. The molecule has 0 aliphatic heterocycles. The van der Waals surface area contributed by atoms with Gasteiger partial charge in [0.2, 0.25) is 16.9 Å².